The number of amides is 2. The fourth-order valence-electron chi connectivity index (χ4n) is 4.11. The number of fused-ring (bicyclic) bond motifs is 1. The first-order valence-electron chi connectivity index (χ1n) is 10.3. The minimum absolute atomic E-state index is 0.0176. The van der Waals surface area contributed by atoms with Crippen molar-refractivity contribution in [1.82, 2.24) is 14.5 Å². The highest BCUT2D eigenvalue weighted by molar-refractivity contribution is 5.94. The lowest BCUT2D eigenvalue weighted by molar-refractivity contribution is -0.135. The Morgan fingerprint density at radius 3 is 2.28 bits per heavy atom. The molecule has 0 radical (unpaired) electrons. The number of rotatable bonds is 4. The highest BCUT2D eigenvalue weighted by atomic mass is 16.2. The van der Waals surface area contributed by atoms with Gasteiger partial charge in [0, 0.05) is 30.6 Å². The Labute approximate surface area is 169 Å². The van der Waals surface area contributed by atoms with Crippen molar-refractivity contribution >= 4 is 28.8 Å². The number of hydrogen-bond acceptors (Lipinski definition) is 3. The Morgan fingerprint density at radius 2 is 1.55 bits per heavy atom. The van der Waals surface area contributed by atoms with E-state index in [1.54, 1.807) is 0 Å². The second-order valence-corrected chi connectivity index (χ2v) is 7.96. The zero-order valence-corrected chi connectivity index (χ0v) is 16.3. The molecule has 6 nitrogen and oxygen atoms in total. The molecule has 1 N–H and O–H groups in total. The maximum absolute atomic E-state index is 13.0. The lowest BCUT2D eigenvalue weighted by Crippen LogP contribution is -2.42. The van der Waals surface area contributed by atoms with Crippen LogP contribution in [-0.4, -0.2) is 39.4 Å². The van der Waals surface area contributed by atoms with Crippen LogP contribution in [0.3, 0.4) is 0 Å². The third kappa shape index (κ3) is 3.50. The molecule has 2 amide bonds. The fraction of sp³-hybridized carbons (Fsp3) is 0.348. The van der Waals surface area contributed by atoms with Crippen LogP contribution in [0.4, 0.5) is 5.95 Å². The molecule has 6 heteroatoms. The number of para-hydroxylation sites is 3. The zero-order valence-electron chi connectivity index (χ0n) is 16.3. The second-order valence-electron chi connectivity index (χ2n) is 7.96. The number of likely N-dealkylation sites (tertiary alicyclic amines) is 1. The van der Waals surface area contributed by atoms with Crippen LogP contribution in [0.25, 0.3) is 16.7 Å². The molecule has 1 aliphatic carbocycles. The number of carbonyl (C=O) groups excluding carboxylic acids is 2. The van der Waals surface area contributed by atoms with Crippen LogP contribution in [0.15, 0.2) is 54.6 Å². The predicted molar refractivity (Wildman–Crippen MR) is 112 cm³/mol. The molecule has 3 aromatic rings. The number of anilines is 1. The van der Waals surface area contributed by atoms with Crippen LogP contribution in [0.5, 0.6) is 0 Å². The van der Waals surface area contributed by atoms with Crippen molar-refractivity contribution in [3.8, 4) is 5.69 Å². The summed E-state index contributed by atoms with van der Waals surface area (Å²) in [6.45, 7) is 1.34. The molecule has 2 aliphatic rings. The largest absolute Gasteiger partial charge is 0.342 e. The molecular weight excluding hydrogens is 364 g/mol. The topological polar surface area (TPSA) is 67.2 Å². The molecule has 2 heterocycles. The van der Waals surface area contributed by atoms with Crippen LogP contribution < -0.4 is 5.32 Å². The Bertz CT molecular complexity index is 1050. The molecule has 0 spiro atoms. The highest BCUT2D eigenvalue weighted by Crippen LogP contribution is 2.33. The van der Waals surface area contributed by atoms with E-state index in [-0.39, 0.29) is 23.7 Å². The molecule has 1 aliphatic heterocycles. The third-order valence-corrected chi connectivity index (χ3v) is 5.91. The molecular formula is C23H24N4O2. The van der Waals surface area contributed by atoms with Crippen molar-refractivity contribution in [3.63, 3.8) is 0 Å². The average molecular weight is 388 g/mol. The van der Waals surface area contributed by atoms with E-state index in [4.69, 9.17) is 0 Å². The zero-order chi connectivity index (χ0) is 19.8. The molecule has 2 fully saturated rings. The van der Waals surface area contributed by atoms with Crippen LogP contribution in [-0.2, 0) is 9.59 Å². The van der Waals surface area contributed by atoms with E-state index >= 15 is 0 Å². The van der Waals surface area contributed by atoms with Gasteiger partial charge < -0.3 is 4.90 Å². The van der Waals surface area contributed by atoms with E-state index in [0.29, 0.717) is 31.9 Å². The predicted octanol–water partition coefficient (Wildman–Crippen LogP) is 3.61. The molecule has 148 valence electrons. The number of nitrogens with zero attached hydrogens (tertiary/aromatic N) is 3. The van der Waals surface area contributed by atoms with Gasteiger partial charge in [0.15, 0.2) is 0 Å². The van der Waals surface area contributed by atoms with Gasteiger partial charge in [0.25, 0.3) is 0 Å². The van der Waals surface area contributed by atoms with Crippen molar-refractivity contribution < 1.29 is 9.59 Å². The highest BCUT2D eigenvalue weighted by Gasteiger charge is 2.36. The van der Waals surface area contributed by atoms with E-state index in [0.717, 1.165) is 29.6 Å². The van der Waals surface area contributed by atoms with E-state index in [9.17, 15) is 9.59 Å². The number of hydrogen-bond donors (Lipinski definition) is 1. The smallest absolute Gasteiger partial charge is 0.229 e. The number of benzene rings is 2. The van der Waals surface area contributed by atoms with Gasteiger partial charge in [0.1, 0.15) is 0 Å². The van der Waals surface area contributed by atoms with Gasteiger partial charge in [-0.2, -0.15) is 0 Å². The monoisotopic (exact) mass is 388 g/mol. The second kappa shape index (κ2) is 7.35. The first-order chi connectivity index (χ1) is 14.2. The fourth-order valence-corrected chi connectivity index (χ4v) is 4.11. The van der Waals surface area contributed by atoms with Crippen LogP contribution in [0.1, 0.15) is 25.7 Å². The first kappa shape index (κ1) is 17.9. The van der Waals surface area contributed by atoms with E-state index in [2.05, 4.69) is 10.3 Å². The summed E-state index contributed by atoms with van der Waals surface area (Å²) in [6.07, 6.45) is 3.45. The summed E-state index contributed by atoms with van der Waals surface area (Å²) in [5, 5.41) is 3.06. The van der Waals surface area contributed by atoms with Gasteiger partial charge in [0.05, 0.1) is 11.0 Å². The quantitative estimate of drug-likeness (QED) is 0.742. The molecule has 0 unspecified atom stereocenters. The minimum Gasteiger partial charge on any atom is -0.342 e. The first-order valence-corrected chi connectivity index (χ1v) is 10.3. The van der Waals surface area contributed by atoms with Gasteiger partial charge in [-0.25, -0.2) is 4.98 Å². The lowest BCUT2D eigenvalue weighted by Gasteiger charge is -2.31. The van der Waals surface area contributed by atoms with Crippen molar-refractivity contribution in [2.24, 2.45) is 11.8 Å². The summed E-state index contributed by atoms with van der Waals surface area (Å²) >= 11 is 0. The summed E-state index contributed by atoms with van der Waals surface area (Å²) in [6, 6.07) is 17.8. The molecule has 5 rings (SSSR count). The van der Waals surface area contributed by atoms with Crippen LogP contribution in [0, 0.1) is 11.8 Å². The van der Waals surface area contributed by atoms with Gasteiger partial charge >= 0.3 is 0 Å². The molecule has 1 saturated carbocycles. The van der Waals surface area contributed by atoms with Crippen molar-refractivity contribution in [3.05, 3.63) is 54.6 Å². The number of carbonyl (C=O) groups is 2. The van der Waals surface area contributed by atoms with Gasteiger partial charge in [-0.05, 0) is 49.9 Å². The molecule has 2 aromatic carbocycles. The summed E-state index contributed by atoms with van der Waals surface area (Å²) in [4.78, 5) is 31.8. The Hall–Kier alpha value is -3.15. The Balaban J connectivity index is 1.35. The molecule has 0 atom stereocenters. The Morgan fingerprint density at radius 1 is 0.862 bits per heavy atom. The molecule has 29 heavy (non-hydrogen) atoms. The lowest BCUT2D eigenvalue weighted by atomic mass is 9.95. The number of piperidine rings is 1. The molecule has 0 bridgehead atoms. The van der Waals surface area contributed by atoms with Crippen LogP contribution in [0.2, 0.25) is 0 Å². The SMILES string of the molecule is O=C(Nc1nc2ccccc2n1-c1ccccc1)C1CCN(C(=O)C2CC2)CC1. The van der Waals surface area contributed by atoms with Crippen LogP contribution >= 0.6 is 0 Å². The van der Waals surface area contributed by atoms with E-state index < -0.39 is 0 Å². The summed E-state index contributed by atoms with van der Waals surface area (Å²) in [5.41, 5.74) is 2.76. The minimum atomic E-state index is -0.0951. The Kier molecular flexibility index (Phi) is 4.54. The van der Waals surface area contributed by atoms with Gasteiger partial charge in [-0.1, -0.05) is 30.3 Å². The number of aromatic nitrogens is 2. The summed E-state index contributed by atoms with van der Waals surface area (Å²) in [5.74, 6) is 0.943. The normalized spacial score (nSPS) is 17.4. The van der Waals surface area contributed by atoms with Gasteiger partial charge in [-0.3, -0.25) is 19.5 Å². The standard InChI is InChI=1S/C23H24N4O2/c28-21(16-12-14-26(15-13-16)22(29)17-10-11-17)25-23-24-19-8-4-5-9-20(19)27(23)18-6-2-1-3-7-18/h1-9,16-17H,10-15H2,(H,24,25,28). The summed E-state index contributed by atoms with van der Waals surface area (Å²) in [7, 11) is 0. The van der Waals surface area contributed by atoms with Crippen molar-refractivity contribution in [1.29, 1.82) is 0 Å². The van der Waals surface area contributed by atoms with E-state index in [1.165, 1.54) is 0 Å². The number of imidazole rings is 1. The van der Waals surface area contributed by atoms with E-state index in [1.807, 2.05) is 64.1 Å². The van der Waals surface area contributed by atoms with Crippen molar-refractivity contribution in [2.45, 2.75) is 25.7 Å². The summed E-state index contributed by atoms with van der Waals surface area (Å²) < 4.78 is 1.99. The van der Waals surface area contributed by atoms with Gasteiger partial charge in [-0.15, -0.1) is 0 Å². The molecule has 1 saturated heterocycles. The maximum atomic E-state index is 13.0. The molecule has 1 aromatic heterocycles. The third-order valence-electron chi connectivity index (χ3n) is 5.91. The number of nitrogens with one attached hydrogen (secondary N) is 1. The van der Waals surface area contributed by atoms with Gasteiger partial charge in [0.2, 0.25) is 17.8 Å². The average Bonchev–Trinajstić information content (AvgIpc) is 3.55. The maximum Gasteiger partial charge on any atom is 0.229 e. The van der Waals surface area contributed by atoms with Crippen molar-refractivity contribution in [2.75, 3.05) is 18.4 Å².